The Morgan fingerprint density at radius 1 is 1.10 bits per heavy atom. The van der Waals surface area contributed by atoms with Gasteiger partial charge in [0.05, 0.1) is 14.6 Å². The van der Waals surface area contributed by atoms with Crippen LogP contribution in [-0.2, 0) is 4.79 Å². The van der Waals surface area contributed by atoms with Crippen LogP contribution in [0.5, 0.6) is 5.75 Å². The van der Waals surface area contributed by atoms with E-state index in [2.05, 4.69) is 42.2 Å². The van der Waals surface area contributed by atoms with Crippen LogP contribution in [0.15, 0.2) is 74.6 Å². The minimum absolute atomic E-state index is 0.110. The Balaban J connectivity index is 1.66. The molecule has 7 heteroatoms. The lowest BCUT2D eigenvalue weighted by molar-refractivity contribution is -0.118. The number of carbonyl (C=O) groups excluding carboxylic acids is 1. The van der Waals surface area contributed by atoms with E-state index in [1.165, 1.54) is 0 Å². The van der Waals surface area contributed by atoms with Gasteiger partial charge < -0.3 is 10.1 Å². The number of para-hydroxylation sites is 1. The van der Waals surface area contributed by atoms with Crippen molar-refractivity contribution in [3.05, 3.63) is 85.8 Å². The number of hydrogen-bond acceptors (Lipinski definition) is 3. The van der Waals surface area contributed by atoms with Gasteiger partial charge in [-0.05, 0) is 86.3 Å². The molecule has 0 aliphatic heterocycles. The second kappa shape index (κ2) is 10.1. The van der Waals surface area contributed by atoms with E-state index in [-0.39, 0.29) is 12.5 Å². The van der Waals surface area contributed by atoms with E-state index < -0.39 is 0 Å². The van der Waals surface area contributed by atoms with Gasteiger partial charge in [0.15, 0.2) is 6.61 Å². The van der Waals surface area contributed by atoms with Gasteiger partial charge in [-0.1, -0.05) is 35.9 Å². The van der Waals surface area contributed by atoms with Crippen molar-refractivity contribution in [3.8, 4) is 5.75 Å². The summed E-state index contributed by atoms with van der Waals surface area (Å²) in [5, 5.41) is 3.46. The molecule has 1 amide bonds. The number of nitrogens with zero attached hydrogens (tertiary/aromatic N) is 1. The van der Waals surface area contributed by atoms with Crippen molar-refractivity contribution >= 4 is 67.0 Å². The van der Waals surface area contributed by atoms with Crippen LogP contribution in [-0.4, -0.2) is 18.7 Å². The van der Waals surface area contributed by atoms with Crippen LogP contribution in [0.2, 0.25) is 5.02 Å². The number of carbonyl (C=O) groups is 1. The van der Waals surface area contributed by atoms with E-state index in [0.29, 0.717) is 19.7 Å². The highest BCUT2D eigenvalue weighted by molar-refractivity contribution is 9.11. The molecular weight excluding hydrogens is 520 g/mol. The summed E-state index contributed by atoms with van der Waals surface area (Å²) < 4.78 is 7.10. The van der Waals surface area contributed by atoms with Crippen LogP contribution in [0.3, 0.4) is 0 Å². The van der Waals surface area contributed by atoms with Gasteiger partial charge in [0.25, 0.3) is 5.91 Å². The van der Waals surface area contributed by atoms with Gasteiger partial charge in [0, 0.05) is 16.9 Å². The molecule has 0 saturated heterocycles. The fourth-order valence-corrected chi connectivity index (χ4v) is 4.08. The molecule has 0 radical (unpaired) electrons. The Kier molecular flexibility index (Phi) is 7.47. The number of hydrogen-bond donors (Lipinski definition) is 1. The molecule has 1 N–H and O–H groups in total. The van der Waals surface area contributed by atoms with Gasteiger partial charge in [-0.15, -0.1) is 0 Å². The molecule has 148 valence electrons. The zero-order chi connectivity index (χ0) is 20.8. The van der Waals surface area contributed by atoms with Crippen molar-refractivity contribution in [3.63, 3.8) is 0 Å². The number of aliphatic imine (C=N–C) groups is 1. The van der Waals surface area contributed by atoms with E-state index in [9.17, 15) is 4.79 Å². The number of halogens is 3. The van der Waals surface area contributed by atoms with Gasteiger partial charge >= 0.3 is 0 Å². The van der Waals surface area contributed by atoms with Crippen LogP contribution >= 0.6 is 43.5 Å². The highest BCUT2D eigenvalue weighted by Crippen LogP contribution is 2.34. The molecule has 0 heterocycles. The first-order valence-corrected chi connectivity index (χ1v) is 10.7. The summed E-state index contributed by atoms with van der Waals surface area (Å²) in [6, 6.07) is 18.6. The molecule has 3 rings (SSSR count). The van der Waals surface area contributed by atoms with Gasteiger partial charge in [-0.3, -0.25) is 9.79 Å². The molecule has 29 heavy (non-hydrogen) atoms. The summed E-state index contributed by atoms with van der Waals surface area (Å²) in [7, 11) is 0. The topological polar surface area (TPSA) is 50.7 Å². The maximum absolute atomic E-state index is 12.1. The van der Waals surface area contributed by atoms with Crippen molar-refractivity contribution in [2.24, 2.45) is 4.99 Å². The Bertz CT molecular complexity index is 1030. The first-order chi connectivity index (χ1) is 13.9. The minimum atomic E-state index is -0.239. The van der Waals surface area contributed by atoms with Gasteiger partial charge in [-0.2, -0.15) is 0 Å². The Labute approximate surface area is 191 Å². The largest absolute Gasteiger partial charge is 0.481 e. The SMILES string of the molecule is Cc1ccc(N=Cc2cc(Br)c(OCC(=O)Nc3ccccc3)c(Br)c2)cc1Cl. The third-order valence-electron chi connectivity index (χ3n) is 3.94. The third kappa shape index (κ3) is 6.16. The zero-order valence-corrected chi connectivity index (χ0v) is 19.4. The standard InChI is InChI=1S/C22H17Br2ClN2O2/c1-14-7-8-17(11-20(14)25)26-12-15-9-18(23)22(19(24)10-15)29-13-21(28)27-16-5-3-2-4-6-16/h2-12H,13H2,1H3,(H,27,28). The van der Waals surface area contributed by atoms with E-state index in [1.807, 2.05) is 67.6 Å². The molecule has 0 aliphatic carbocycles. The lowest BCUT2D eigenvalue weighted by Crippen LogP contribution is -2.20. The molecule has 0 bridgehead atoms. The summed E-state index contributed by atoms with van der Waals surface area (Å²) >= 11 is 13.1. The number of amides is 1. The number of rotatable bonds is 6. The fraction of sp³-hybridized carbons (Fsp3) is 0.0909. The first-order valence-electron chi connectivity index (χ1n) is 8.69. The summed E-state index contributed by atoms with van der Waals surface area (Å²) in [6.07, 6.45) is 1.74. The van der Waals surface area contributed by atoms with Crippen LogP contribution in [0.4, 0.5) is 11.4 Å². The van der Waals surface area contributed by atoms with Gasteiger partial charge in [0.1, 0.15) is 5.75 Å². The summed E-state index contributed by atoms with van der Waals surface area (Å²) in [4.78, 5) is 16.5. The molecule has 0 fully saturated rings. The predicted molar refractivity (Wildman–Crippen MR) is 126 cm³/mol. The maximum atomic E-state index is 12.1. The number of aryl methyl sites for hydroxylation is 1. The Morgan fingerprint density at radius 3 is 2.45 bits per heavy atom. The van der Waals surface area contributed by atoms with Crippen molar-refractivity contribution in [1.82, 2.24) is 0 Å². The van der Waals surface area contributed by atoms with E-state index >= 15 is 0 Å². The molecule has 3 aromatic rings. The average Bonchev–Trinajstić information content (AvgIpc) is 2.69. The highest BCUT2D eigenvalue weighted by Gasteiger charge is 2.11. The number of ether oxygens (including phenoxy) is 1. The average molecular weight is 537 g/mol. The quantitative estimate of drug-likeness (QED) is 0.347. The molecular formula is C22H17Br2ClN2O2. The summed E-state index contributed by atoms with van der Waals surface area (Å²) in [5.41, 5.74) is 3.36. The van der Waals surface area contributed by atoms with Gasteiger partial charge in [0.2, 0.25) is 0 Å². The normalized spacial score (nSPS) is 10.9. The van der Waals surface area contributed by atoms with Crippen LogP contribution in [0, 0.1) is 6.92 Å². The predicted octanol–water partition coefficient (Wildman–Crippen LogP) is 6.94. The molecule has 0 saturated carbocycles. The lowest BCUT2D eigenvalue weighted by atomic mass is 10.2. The first kappa shape index (κ1) is 21.6. The zero-order valence-electron chi connectivity index (χ0n) is 15.5. The maximum Gasteiger partial charge on any atom is 0.262 e. The monoisotopic (exact) mass is 534 g/mol. The molecule has 0 atom stereocenters. The second-order valence-electron chi connectivity index (χ2n) is 6.21. The van der Waals surface area contributed by atoms with E-state index in [1.54, 1.807) is 6.21 Å². The van der Waals surface area contributed by atoms with Crippen LogP contribution in [0.25, 0.3) is 0 Å². The Hall–Kier alpha value is -2.15. The number of anilines is 1. The molecule has 0 aliphatic rings. The fourth-order valence-electron chi connectivity index (χ4n) is 2.46. The van der Waals surface area contributed by atoms with Crippen LogP contribution in [0.1, 0.15) is 11.1 Å². The van der Waals surface area contributed by atoms with E-state index in [0.717, 1.165) is 22.5 Å². The minimum Gasteiger partial charge on any atom is -0.481 e. The third-order valence-corrected chi connectivity index (χ3v) is 5.53. The number of benzene rings is 3. The Morgan fingerprint density at radius 2 is 1.79 bits per heavy atom. The molecule has 3 aromatic carbocycles. The second-order valence-corrected chi connectivity index (χ2v) is 8.32. The highest BCUT2D eigenvalue weighted by atomic mass is 79.9. The molecule has 0 spiro atoms. The van der Waals surface area contributed by atoms with Crippen molar-refractivity contribution in [2.45, 2.75) is 6.92 Å². The summed E-state index contributed by atoms with van der Waals surface area (Å²) in [6.45, 7) is 1.84. The van der Waals surface area contributed by atoms with Gasteiger partial charge in [-0.25, -0.2) is 0 Å². The summed E-state index contributed by atoms with van der Waals surface area (Å²) in [5.74, 6) is 0.306. The van der Waals surface area contributed by atoms with E-state index in [4.69, 9.17) is 16.3 Å². The lowest BCUT2D eigenvalue weighted by Gasteiger charge is -2.11. The van der Waals surface area contributed by atoms with Crippen molar-refractivity contribution in [1.29, 1.82) is 0 Å². The molecule has 0 aromatic heterocycles. The molecule has 4 nitrogen and oxygen atoms in total. The van der Waals surface area contributed by atoms with Crippen LogP contribution < -0.4 is 10.1 Å². The number of nitrogens with one attached hydrogen (secondary N) is 1. The smallest absolute Gasteiger partial charge is 0.262 e. The molecule has 0 unspecified atom stereocenters. The van der Waals surface area contributed by atoms with Crippen molar-refractivity contribution < 1.29 is 9.53 Å². The van der Waals surface area contributed by atoms with Crippen molar-refractivity contribution in [2.75, 3.05) is 11.9 Å².